The highest BCUT2D eigenvalue weighted by Crippen LogP contribution is 2.41. The normalized spacial score (nSPS) is 34.1. The summed E-state index contributed by atoms with van der Waals surface area (Å²) in [4.78, 5) is 10.5. The van der Waals surface area contributed by atoms with E-state index in [9.17, 15) is 4.79 Å². The predicted octanol–water partition coefficient (Wildman–Crippen LogP) is 2.51. The van der Waals surface area contributed by atoms with Gasteiger partial charge in [0, 0.05) is 12.0 Å². The molecule has 0 aromatic heterocycles. The number of rotatable bonds is 2. The van der Waals surface area contributed by atoms with E-state index in [1.54, 1.807) is 0 Å². The molecule has 0 aromatic rings. The van der Waals surface area contributed by atoms with E-state index in [1.165, 1.54) is 12.8 Å². The molecule has 1 saturated carbocycles. The Morgan fingerprint density at radius 1 is 1.36 bits per heavy atom. The van der Waals surface area contributed by atoms with Gasteiger partial charge in [0.25, 0.3) is 0 Å². The largest absolute Gasteiger partial charge is 0.325 e. The van der Waals surface area contributed by atoms with Crippen molar-refractivity contribution in [2.24, 2.45) is 17.1 Å². The first kappa shape index (κ1) is 11.7. The van der Waals surface area contributed by atoms with Gasteiger partial charge in [-0.15, -0.1) is 0 Å². The predicted molar refractivity (Wildman–Crippen MR) is 59.0 cm³/mol. The molecule has 0 bridgehead atoms. The van der Waals surface area contributed by atoms with E-state index in [2.05, 4.69) is 20.8 Å². The zero-order valence-electron chi connectivity index (χ0n) is 9.68. The highest BCUT2D eigenvalue weighted by molar-refractivity contribution is 5.51. The minimum Gasteiger partial charge on any atom is -0.325 e. The van der Waals surface area contributed by atoms with Crippen molar-refractivity contribution in [2.75, 3.05) is 0 Å². The molecule has 0 atom stereocenters. The van der Waals surface area contributed by atoms with Gasteiger partial charge in [0.2, 0.25) is 0 Å². The van der Waals surface area contributed by atoms with Crippen molar-refractivity contribution in [1.29, 1.82) is 0 Å². The van der Waals surface area contributed by atoms with Gasteiger partial charge in [0.05, 0.1) is 0 Å². The molecule has 1 aliphatic carbocycles. The summed E-state index contributed by atoms with van der Waals surface area (Å²) in [5, 5.41) is 0. The second-order valence-electron chi connectivity index (χ2n) is 5.87. The van der Waals surface area contributed by atoms with Crippen molar-refractivity contribution in [2.45, 2.75) is 58.4 Å². The second kappa shape index (κ2) is 4.01. The van der Waals surface area contributed by atoms with Crippen molar-refractivity contribution >= 4 is 6.29 Å². The number of carbonyl (C=O) groups is 1. The molecule has 1 fully saturated rings. The van der Waals surface area contributed by atoms with E-state index in [1.807, 2.05) is 0 Å². The molecule has 2 nitrogen and oxygen atoms in total. The lowest BCUT2D eigenvalue weighted by atomic mass is 9.67. The fourth-order valence-corrected chi connectivity index (χ4v) is 2.43. The summed E-state index contributed by atoms with van der Waals surface area (Å²) in [5.74, 6) is 0.769. The summed E-state index contributed by atoms with van der Waals surface area (Å²) in [6.45, 7) is 6.88. The summed E-state index contributed by atoms with van der Waals surface area (Å²) in [7, 11) is 0. The van der Waals surface area contributed by atoms with E-state index >= 15 is 0 Å². The fourth-order valence-electron chi connectivity index (χ4n) is 2.43. The van der Waals surface area contributed by atoms with E-state index in [0.717, 1.165) is 25.0 Å². The zero-order chi connectivity index (χ0) is 10.8. The zero-order valence-corrected chi connectivity index (χ0v) is 9.68. The molecule has 0 aromatic carbocycles. The van der Waals surface area contributed by atoms with Crippen LogP contribution >= 0.6 is 0 Å². The Kier molecular flexibility index (Phi) is 3.36. The second-order valence-corrected chi connectivity index (χ2v) is 5.87. The molecule has 0 radical (unpaired) electrons. The Bertz CT molecular complexity index is 197. The number of hydrogen-bond donors (Lipinski definition) is 1. The van der Waals surface area contributed by atoms with Gasteiger partial charge < -0.3 is 10.5 Å². The highest BCUT2D eigenvalue weighted by Gasteiger charge is 2.35. The first-order valence-corrected chi connectivity index (χ1v) is 5.60. The molecule has 0 saturated heterocycles. The summed E-state index contributed by atoms with van der Waals surface area (Å²) in [6, 6.07) is 0. The smallest absolute Gasteiger partial charge is 0.121 e. The van der Waals surface area contributed by atoms with Crippen LogP contribution in [0.25, 0.3) is 0 Å². The molecule has 2 heteroatoms. The topological polar surface area (TPSA) is 43.1 Å². The van der Waals surface area contributed by atoms with Crippen LogP contribution in [-0.2, 0) is 4.79 Å². The standard InChI is InChI=1S/C12H23NO/c1-11(2,3)10-4-6-12(13,7-5-10)8-9-14/h9-10H,4-8,13H2,1-3H3. The Hall–Kier alpha value is -0.370. The SMILES string of the molecule is CC(C)(C)C1CCC(N)(CC=O)CC1. The van der Waals surface area contributed by atoms with Crippen LogP contribution in [0.15, 0.2) is 0 Å². The molecule has 0 amide bonds. The van der Waals surface area contributed by atoms with Crippen LogP contribution in [0.4, 0.5) is 0 Å². The lowest BCUT2D eigenvalue weighted by molar-refractivity contribution is -0.109. The van der Waals surface area contributed by atoms with Crippen molar-refractivity contribution in [3.63, 3.8) is 0 Å². The average Bonchev–Trinajstić information content (AvgIpc) is 2.03. The maximum atomic E-state index is 10.5. The minimum absolute atomic E-state index is 0.191. The van der Waals surface area contributed by atoms with Gasteiger partial charge in [-0.25, -0.2) is 0 Å². The van der Waals surface area contributed by atoms with E-state index in [-0.39, 0.29) is 5.54 Å². The molecular weight excluding hydrogens is 174 g/mol. The number of carbonyl (C=O) groups excluding carboxylic acids is 1. The molecule has 0 heterocycles. The molecule has 0 unspecified atom stereocenters. The first-order valence-electron chi connectivity index (χ1n) is 5.60. The van der Waals surface area contributed by atoms with Gasteiger partial charge in [-0.2, -0.15) is 0 Å². The summed E-state index contributed by atoms with van der Waals surface area (Å²) in [5.41, 5.74) is 6.34. The molecule has 0 aliphatic heterocycles. The quantitative estimate of drug-likeness (QED) is 0.691. The van der Waals surface area contributed by atoms with Gasteiger partial charge in [-0.1, -0.05) is 20.8 Å². The van der Waals surface area contributed by atoms with Crippen LogP contribution in [0.1, 0.15) is 52.9 Å². The van der Waals surface area contributed by atoms with Crippen molar-refractivity contribution in [1.82, 2.24) is 0 Å². The maximum Gasteiger partial charge on any atom is 0.121 e. The fraction of sp³-hybridized carbons (Fsp3) is 0.917. The van der Waals surface area contributed by atoms with Gasteiger partial charge in [-0.05, 0) is 37.0 Å². The molecule has 82 valence electrons. The Labute approximate surface area is 87.2 Å². The molecule has 0 spiro atoms. The van der Waals surface area contributed by atoms with Crippen LogP contribution < -0.4 is 5.73 Å². The van der Waals surface area contributed by atoms with Crippen LogP contribution in [0.5, 0.6) is 0 Å². The maximum absolute atomic E-state index is 10.5. The Morgan fingerprint density at radius 2 is 1.86 bits per heavy atom. The van der Waals surface area contributed by atoms with Gasteiger partial charge >= 0.3 is 0 Å². The van der Waals surface area contributed by atoms with Crippen LogP contribution in [0.2, 0.25) is 0 Å². The Balaban J connectivity index is 2.49. The minimum atomic E-state index is -0.191. The van der Waals surface area contributed by atoms with E-state index < -0.39 is 0 Å². The van der Waals surface area contributed by atoms with E-state index in [0.29, 0.717) is 11.8 Å². The highest BCUT2D eigenvalue weighted by atomic mass is 16.1. The van der Waals surface area contributed by atoms with Crippen molar-refractivity contribution < 1.29 is 4.79 Å². The molecule has 2 N–H and O–H groups in total. The first-order chi connectivity index (χ1) is 6.37. The molecule has 1 rings (SSSR count). The number of hydrogen-bond acceptors (Lipinski definition) is 2. The van der Waals surface area contributed by atoms with Gasteiger partial charge in [0.15, 0.2) is 0 Å². The Morgan fingerprint density at radius 3 is 2.21 bits per heavy atom. The lowest BCUT2D eigenvalue weighted by Gasteiger charge is -2.41. The third kappa shape index (κ3) is 2.81. The van der Waals surface area contributed by atoms with Gasteiger partial charge in [0.1, 0.15) is 6.29 Å². The molecular formula is C12H23NO. The van der Waals surface area contributed by atoms with E-state index in [4.69, 9.17) is 5.73 Å². The number of nitrogens with two attached hydrogens (primary N) is 1. The number of aldehydes is 1. The summed E-state index contributed by atoms with van der Waals surface area (Å²) >= 11 is 0. The van der Waals surface area contributed by atoms with Crippen molar-refractivity contribution in [3.05, 3.63) is 0 Å². The average molecular weight is 197 g/mol. The van der Waals surface area contributed by atoms with Gasteiger partial charge in [-0.3, -0.25) is 0 Å². The molecule has 14 heavy (non-hydrogen) atoms. The lowest BCUT2D eigenvalue weighted by Crippen LogP contribution is -2.45. The third-order valence-corrected chi connectivity index (χ3v) is 3.70. The summed E-state index contributed by atoms with van der Waals surface area (Å²) in [6.07, 6.45) is 5.87. The monoisotopic (exact) mass is 197 g/mol. The van der Waals surface area contributed by atoms with Crippen LogP contribution in [-0.4, -0.2) is 11.8 Å². The van der Waals surface area contributed by atoms with Crippen LogP contribution in [0, 0.1) is 11.3 Å². The van der Waals surface area contributed by atoms with Crippen molar-refractivity contribution in [3.8, 4) is 0 Å². The summed E-state index contributed by atoms with van der Waals surface area (Å²) < 4.78 is 0. The van der Waals surface area contributed by atoms with Crippen LogP contribution in [0.3, 0.4) is 0 Å². The molecule has 1 aliphatic rings. The third-order valence-electron chi connectivity index (χ3n) is 3.70.